The van der Waals surface area contributed by atoms with Crippen molar-refractivity contribution in [2.45, 2.75) is 38.0 Å². The number of aryl methyl sites for hydroxylation is 1. The second kappa shape index (κ2) is 6.69. The number of aromatic nitrogens is 4. The molecule has 0 aliphatic carbocycles. The van der Waals surface area contributed by atoms with Crippen molar-refractivity contribution < 1.29 is 28.1 Å². The molecule has 2 aromatic heterocycles. The summed E-state index contributed by atoms with van der Waals surface area (Å²) in [6.07, 6.45) is 1.21. The van der Waals surface area contributed by atoms with E-state index < -0.39 is 11.1 Å². The van der Waals surface area contributed by atoms with Crippen molar-refractivity contribution in [1.29, 1.82) is 0 Å². The number of halogens is 1. The maximum atomic E-state index is 6.87. The molecule has 130 valence electrons. The molecule has 1 saturated heterocycles. The van der Waals surface area contributed by atoms with Crippen molar-refractivity contribution in [3.8, 4) is 0 Å². The van der Waals surface area contributed by atoms with Crippen molar-refractivity contribution in [1.82, 2.24) is 19.5 Å². The zero-order valence-electron chi connectivity index (χ0n) is 13.9. The van der Waals surface area contributed by atoms with Gasteiger partial charge in [-0.15, -0.1) is 0 Å². The van der Waals surface area contributed by atoms with Gasteiger partial charge in [-0.3, -0.25) is 0 Å². The van der Waals surface area contributed by atoms with Crippen molar-refractivity contribution in [3.63, 3.8) is 0 Å². The number of nitrogens with two attached hydrogens (primary N) is 1. The molecule has 7 nitrogen and oxygen atoms in total. The predicted molar refractivity (Wildman–Crippen MR) is 90.6 cm³/mol. The molecule has 24 heavy (non-hydrogen) atoms. The first-order chi connectivity index (χ1) is 11.2. The van der Waals surface area contributed by atoms with Crippen LogP contribution in [0.25, 0.3) is 11.2 Å². The van der Waals surface area contributed by atoms with Crippen LogP contribution in [0.4, 0.5) is 5.82 Å². The van der Waals surface area contributed by atoms with Crippen molar-refractivity contribution >= 4 is 34.4 Å². The summed E-state index contributed by atoms with van der Waals surface area (Å²) in [5.74, 6) is 0.716. The molecule has 1 aliphatic heterocycles. The van der Waals surface area contributed by atoms with Crippen LogP contribution in [0.3, 0.4) is 0 Å². The Kier molecular flexibility index (Phi) is 5.12. The van der Waals surface area contributed by atoms with Gasteiger partial charge in [0, 0.05) is 0 Å². The summed E-state index contributed by atoms with van der Waals surface area (Å²) in [5, 5.41) is 0. The Morgan fingerprint density at radius 2 is 2.25 bits per heavy atom. The number of rotatable bonds is 4. The van der Waals surface area contributed by atoms with Gasteiger partial charge in [0.25, 0.3) is 0 Å². The van der Waals surface area contributed by atoms with E-state index >= 15 is 0 Å². The zero-order valence-corrected chi connectivity index (χ0v) is 18.5. The predicted octanol–water partition coefficient (Wildman–Crippen LogP) is 2.75. The van der Waals surface area contributed by atoms with Crippen LogP contribution >= 0.6 is 17.4 Å². The molecule has 0 radical (unpaired) electrons. The molecule has 3 heterocycles. The van der Waals surface area contributed by atoms with Gasteiger partial charge in [-0.05, 0) is 0 Å². The van der Waals surface area contributed by atoms with Crippen molar-refractivity contribution in [2.75, 3.05) is 19.0 Å². The number of hydrogen-bond acceptors (Lipinski definition) is 6. The summed E-state index contributed by atoms with van der Waals surface area (Å²) < 4.78 is 13.9. The van der Waals surface area contributed by atoms with Gasteiger partial charge in [0.05, 0.1) is 0 Å². The van der Waals surface area contributed by atoms with E-state index in [4.69, 9.17) is 26.6 Å². The van der Waals surface area contributed by atoms with Crippen LogP contribution in [-0.2, 0) is 28.1 Å². The van der Waals surface area contributed by atoms with Gasteiger partial charge < -0.3 is 0 Å². The van der Waals surface area contributed by atoms with Gasteiger partial charge in [0.1, 0.15) is 0 Å². The molecule has 3 rings (SSSR count). The first-order valence-corrected chi connectivity index (χ1v) is 13.5. The van der Waals surface area contributed by atoms with Crippen molar-refractivity contribution in [2.24, 2.45) is 5.92 Å². The minimum atomic E-state index is -0.605. The van der Waals surface area contributed by atoms with Gasteiger partial charge in [-0.25, -0.2) is 0 Å². The molecule has 2 N–H and O–H groups in total. The van der Waals surface area contributed by atoms with Gasteiger partial charge in [-0.1, -0.05) is 0 Å². The van der Waals surface area contributed by atoms with E-state index in [1.807, 2.05) is 11.5 Å². The standard InChI is InChI=1S/C14H20ClN5O2P.W/c1-7-9(5-21-23-4)22-13(14(7,3)15)20-6-17-10-11(16)18-8(2)19-12(10)20;/h6-7,9,13H,5H2,1-4H3,(H2,16,18,19);/q-1;+2/t7-,9-,13-,14-;/m1./s1. The van der Waals surface area contributed by atoms with Gasteiger partial charge >= 0.3 is 157 Å². The van der Waals surface area contributed by atoms with E-state index in [9.17, 15) is 0 Å². The second-order valence-corrected chi connectivity index (χ2v) is 13.7. The number of alkyl halides is 1. The maximum absolute atomic E-state index is 6.87. The van der Waals surface area contributed by atoms with Crippen LogP contribution in [0.15, 0.2) is 6.33 Å². The summed E-state index contributed by atoms with van der Waals surface area (Å²) in [6, 6.07) is 0. The van der Waals surface area contributed by atoms with Crippen molar-refractivity contribution in [3.05, 3.63) is 12.2 Å². The van der Waals surface area contributed by atoms with E-state index in [0.29, 0.717) is 29.4 Å². The first-order valence-electron chi connectivity index (χ1n) is 7.56. The molecule has 2 aromatic rings. The molecule has 1 aliphatic rings. The molecule has 5 atom stereocenters. The summed E-state index contributed by atoms with van der Waals surface area (Å²) in [7, 11) is 0. The van der Waals surface area contributed by atoms with Crippen LogP contribution < -0.4 is 5.73 Å². The van der Waals surface area contributed by atoms with Crippen LogP contribution in [0.2, 0.25) is 0 Å². The normalized spacial score (nSPS) is 30.9. The number of nitrogens with zero attached hydrogens (tertiary/aromatic N) is 4. The first kappa shape index (κ1) is 18.3. The van der Waals surface area contributed by atoms with E-state index in [2.05, 4.69) is 28.5 Å². The molecular weight excluding hydrogens is 520 g/mol. The molecule has 0 amide bonds. The zero-order chi connectivity index (χ0) is 17.6. The molecule has 0 saturated carbocycles. The molecule has 1 unspecified atom stereocenters. The van der Waals surface area contributed by atoms with Crippen LogP contribution in [-0.4, -0.2) is 43.8 Å². The number of hydrogen-bond donors (Lipinski definition) is 1. The second-order valence-electron chi connectivity index (χ2n) is 6.18. The fourth-order valence-corrected chi connectivity index (χ4v) is 4.24. The average molecular weight is 541 g/mol. The minimum absolute atomic E-state index is 0.0699. The quantitative estimate of drug-likeness (QED) is 0.474. The SMILES string of the molecule is Cc1nc(N)c2ncn([C@@H]3O[C@H](CO[P+](C)=[W])[C@@H](C)[C@@]3(C)Cl)c2n1. The van der Waals surface area contributed by atoms with E-state index in [1.54, 1.807) is 13.3 Å². The summed E-state index contributed by atoms with van der Waals surface area (Å²) in [4.78, 5) is 12.4. The number of anilines is 1. The average Bonchev–Trinajstić information content (AvgIpc) is 2.98. The van der Waals surface area contributed by atoms with Crippen LogP contribution in [0, 0.1) is 12.8 Å². The summed E-state index contributed by atoms with van der Waals surface area (Å²) in [5.41, 5.74) is 7.17. The molecule has 0 bridgehead atoms. The Morgan fingerprint density at radius 1 is 1.54 bits per heavy atom. The molecular formula is C14H20ClN5O2PW+. The van der Waals surface area contributed by atoms with Gasteiger partial charge in [0.2, 0.25) is 0 Å². The Balaban J connectivity index is 1.98. The molecule has 1 fully saturated rings. The number of fused-ring (bicyclic) bond motifs is 1. The Labute approximate surface area is 156 Å². The summed E-state index contributed by atoms with van der Waals surface area (Å²) >= 11 is 8.33. The number of nitrogen functional groups attached to an aromatic ring is 1. The monoisotopic (exact) mass is 540 g/mol. The molecule has 0 spiro atoms. The van der Waals surface area contributed by atoms with E-state index in [-0.39, 0.29) is 17.8 Å². The Morgan fingerprint density at radius 3 is 2.92 bits per heavy atom. The third kappa shape index (κ3) is 3.17. The third-order valence-corrected chi connectivity index (χ3v) is 6.65. The number of ether oxygens (including phenoxy) is 1. The fraction of sp³-hybridized carbons (Fsp3) is 0.643. The van der Waals surface area contributed by atoms with Crippen LogP contribution in [0.5, 0.6) is 0 Å². The third-order valence-electron chi connectivity index (χ3n) is 4.47. The van der Waals surface area contributed by atoms with E-state index in [1.165, 1.54) is 18.8 Å². The fourth-order valence-electron chi connectivity index (χ4n) is 2.93. The number of imidazole rings is 1. The van der Waals surface area contributed by atoms with Gasteiger partial charge in [0.15, 0.2) is 0 Å². The van der Waals surface area contributed by atoms with E-state index in [0.717, 1.165) is 0 Å². The topological polar surface area (TPSA) is 88.1 Å². The van der Waals surface area contributed by atoms with Crippen LogP contribution in [0.1, 0.15) is 25.9 Å². The molecule has 0 aromatic carbocycles. The molecule has 10 heteroatoms. The Bertz CT molecular complexity index is 799. The summed E-state index contributed by atoms with van der Waals surface area (Å²) in [6.45, 7) is 8.53. The Hall–Kier alpha value is -0.452. The van der Waals surface area contributed by atoms with Gasteiger partial charge in [-0.2, -0.15) is 0 Å².